The third kappa shape index (κ3) is 4.15. The van der Waals surface area contributed by atoms with Gasteiger partial charge in [-0.15, -0.1) is 5.10 Å². The fraction of sp³-hybridized carbons (Fsp3) is 0.438. The highest BCUT2D eigenvalue weighted by atomic mass is 16.5. The molecular formula is C16H21N3O2. The van der Waals surface area contributed by atoms with Crippen LogP contribution in [0.1, 0.15) is 41.5 Å². The second-order valence-electron chi connectivity index (χ2n) is 5.03. The molecule has 0 radical (unpaired) electrons. The average Bonchev–Trinajstić information content (AvgIpc) is 2.86. The van der Waals surface area contributed by atoms with Crippen LogP contribution in [-0.2, 0) is 13.0 Å². The van der Waals surface area contributed by atoms with Crippen molar-refractivity contribution in [2.75, 3.05) is 6.61 Å². The van der Waals surface area contributed by atoms with E-state index in [0.717, 1.165) is 37.0 Å². The van der Waals surface area contributed by atoms with Crippen LogP contribution in [0, 0.1) is 6.92 Å². The third-order valence-corrected chi connectivity index (χ3v) is 3.24. The summed E-state index contributed by atoms with van der Waals surface area (Å²) in [7, 11) is 0. The molecule has 112 valence electrons. The molecule has 0 N–H and O–H groups in total. The van der Waals surface area contributed by atoms with Crippen molar-refractivity contribution in [3.8, 4) is 5.75 Å². The van der Waals surface area contributed by atoms with E-state index in [0.29, 0.717) is 18.8 Å². The van der Waals surface area contributed by atoms with E-state index in [4.69, 9.17) is 4.74 Å². The van der Waals surface area contributed by atoms with Crippen LogP contribution < -0.4 is 4.74 Å². The third-order valence-electron chi connectivity index (χ3n) is 3.24. The van der Waals surface area contributed by atoms with Crippen molar-refractivity contribution in [3.63, 3.8) is 0 Å². The molecular weight excluding hydrogens is 266 g/mol. The summed E-state index contributed by atoms with van der Waals surface area (Å²) in [5, 5.41) is 7.95. The van der Waals surface area contributed by atoms with Crippen LogP contribution in [0.25, 0.3) is 0 Å². The Morgan fingerprint density at radius 3 is 2.95 bits per heavy atom. The van der Waals surface area contributed by atoms with E-state index in [1.807, 2.05) is 35.9 Å². The van der Waals surface area contributed by atoms with Crippen molar-refractivity contribution in [2.24, 2.45) is 0 Å². The Labute approximate surface area is 124 Å². The predicted molar refractivity (Wildman–Crippen MR) is 80.7 cm³/mol. The van der Waals surface area contributed by atoms with Gasteiger partial charge in [-0.25, -0.2) is 4.68 Å². The molecule has 0 unspecified atom stereocenters. The molecule has 5 nitrogen and oxygen atoms in total. The number of carbonyl (C=O) groups excluding carboxylic acids is 1. The maximum Gasteiger partial charge on any atom is 0.172 e. The molecule has 0 bridgehead atoms. The monoisotopic (exact) mass is 287 g/mol. The molecule has 0 aliphatic rings. The van der Waals surface area contributed by atoms with Crippen molar-refractivity contribution in [3.05, 3.63) is 41.2 Å². The van der Waals surface area contributed by atoms with E-state index in [1.165, 1.54) is 5.56 Å². The van der Waals surface area contributed by atoms with Gasteiger partial charge in [0.25, 0.3) is 0 Å². The Hall–Kier alpha value is -2.17. The van der Waals surface area contributed by atoms with Crippen molar-refractivity contribution in [2.45, 2.75) is 39.7 Å². The zero-order chi connectivity index (χ0) is 15.1. The molecule has 0 atom stereocenters. The number of carbonyl (C=O) groups is 1. The summed E-state index contributed by atoms with van der Waals surface area (Å²) in [4.78, 5) is 10.9. The van der Waals surface area contributed by atoms with E-state index in [2.05, 4.69) is 17.2 Å². The normalized spacial score (nSPS) is 10.6. The molecule has 0 amide bonds. The molecule has 0 aliphatic heterocycles. The molecule has 1 aromatic carbocycles. The first kappa shape index (κ1) is 15.2. The summed E-state index contributed by atoms with van der Waals surface area (Å²) < 4.78 is 7.52. The van der Waals surface area contributed by atoms with Gasteiger partial charge in [0.2, 0.25) is 0 Å². The maximum atomic E-state index is 10.9. The van der Waals surface area contributed by atoms with Gasteiger partial charge in [0.1, 0.15) is 11.4 Å². The van der Waals surface area contributed by atoms with Crippen molar-refractivity contribution >= 4 is 6.29 Å². The van der Waals surface area contributed by atoms with Crippen LogP contribution in [0.5, 0.6) is 5.75 Å². The summed E-state index contributed by atoms with van der Waals surface area (Å²) in [5.41, 5.74) is 2.56. The maximum absolute atomic E-state index is 10.9. The Kier molecular flexibility index (Phi) is 5.49. The number of benzene rings is 1. The number of hydrogen-bond acceptors (Lipinski definition) is 4. The van der Waals surface area contributed by atoms with E-state index in [9.17, 15) is 4.79 Å². The summed E-state index contributed by atoms with van der Waals surface area (Å²) in [6.45, 7) is 5.44. The van der Waals surface area contributed by atoms with Gasteiger partial charge in [0.05, 0.1) is 12.3 Å². The highest BCUT2D eigenvalue weighted by Gasteiger charge is 2.10. The lowest BCUT2D eigenvalue weighted by Crippen LogP contribution is -2.09. The van der Waals surface area contributed by atoms with Gasteiger partial charge in [-0.3, -0.25) is 4.79 Å². The number of hydrogen-bond donors (Lipinski definition) is 0. The Bertz CT molecular complexity index is 593. The lowest BCUT2D eigenvalue weighted by molar-refractivity contribution is 0.111. The van der Waals surface area contributed by atoms with Gasteiger partial charge < -0.3 is 4.74 Å². The molecule has 2 aromatic rings. The van der Waals surface area contributed by atoms with E-state index < -0.39 is 0 Å². The van der Waals surface area contributed by atoms with Gasteiger partial charge in [-0.2, -0.15) is 0 Å². The number of rotatable bonds is 8. The van der Waals surface area contributed by atoms with Crippen LogP contribution in [0.2, 0.25) is 0 Å². The Morgan fingerprint density at radius 2 is 2.24 bits per heavy atom. The SMILES string of the molecule is CCCc1c(C=O)nnn1CCCOc1cccc(C)c1. The van der Waals surface area contributed by atoms with Gasteiger partial charge in [0.15, 0.2) is 6.29 Å². The fourth-order valence-electron chi connectivity index (χ4n) is 2.22. The quantitative estimate of drug-likeness (QED) is 0.553. The Balaban J connectivity index is 1.86. The number of aryl methyl sites for hydroxylation is 2. The van der Waals surface area contributed by atoms with Gasteiger partial charge in [-0.1, -0.05) is 30.7 Å². The number of nitrogens with zero attached hydrogens (tertiary/aromatic N) is 3. The van der Waals surface area contributed by atoms with E-state index >= 15 is 0 Å². The van der Waals surface area contributed by atoms with E-state index in [1.54, 1.807) is 0 Å². The zero-order valence-electron chi connectivity index (χ0n) is 12.6. The van der Waals surface area contributed by atoms with E-state index in [-0.39, 0.29) is 0 Å². The lowest BCUT2D eigenvalue weighted by Gasteiger charge is -2.08. The number of aldehydes is 1. The predicted octanol–water partition coefficient (Wildman–Crippen LogP) is 2.82. The molecule has 0 spiro atoms. The first-order valence-electron chi connectivity index (χ1n) is 7.31. The van der Waals surface area contributed by atoms with Crippen molar-refractivity contribution < 1.29 is 9.53 Å². The van der Waals surface area contributed by atoms with Gasteiger partial charge in [0, 0.05) is 13.0 Å². The summed E-state index contributed by atoms with van der Waals surface area (Å²) in [5.74, 6) is 0.885. The van der Waals surface area contributed by atoms with Crippen LogP contribution in [0.4, 0.5) is 0 Å². The topological polar surface area (TPSA) is 57.0 Å². The molecule has 1 aromatic heterocycles. The second kappa shape index (κ2) is 7.57. The largest absolute Gasteiger partial charge is 0.494 e. The molecule has 1 heterocycles. The average molecular weight is 287 g/mol. The first-order valence-corrected chi connectivity index (χ1v) is 7.31. The van der Waals surface area contributed by atoms with Crippen molar-refractivity contribution in [1.29, 1.82) is 0 Å². The first-order chi connectivity index (χ1) is 10.2. The minimum atomic E-state index is 0.455. The Morgan fingerprint density at radius 1 is 1.38 bits per heavy atom. The van der Waals surface area contributed by atoms with Crippen LogP contribution in [0.3, 0.4) is 0 Å². The number of aromatic nitrogens is 3. The summed E-state index contributed by atoms with van der Waals surface area (Å²) in [6.07, 6.45) is 3.39. The zero-order valence-corrected chi connectivity index (χ0v) is 12.6. The van der Waals surface area contributed by atoms with Crippen LogP contribution in [-0.4, -0.2) is 27.9 Å². The standard InChI is InChI=1S/C16H21N3O2/c1-3-6-16-15(12-20)17-18-19(16)9-5-10-21-14-8-4-7-13(2)11-14/h4,7-8,11-12H,3,5-6,9-10H2,1-2H3. The fourth-order valence-corrected chi connectivity index (χ4v) is 2.22. The smallest absolute Gasteiger partial charge is 0.172 e. The number of ether oxygens (including phenoxy) is 1. The molecule has 0 aliphatic carbocycles. The molecule has 2 rings (SSSR count). The molecule has 0 fully saturated rings. The minimum Gasteiger partial charge on any atom is -0.494 e. The summed E-state index contributed by atoms with van der Waals surface area (Å²) >= 11 is 0. The van der Waals surface area contributed by atoms with Gasteiger partial charge >= 0.3 is 0 Å². The highest BCUT2D eigenvalue weighted by molar-refractivity contribution is 5.73. The molecule has 0 saturated heterocycles. The molecule has 0 saturated carbocycles. The summed E-state index contributed by atoms with van der Waals surface area (Å²) in [6, 6.07) is 8.00. The lowest BCUT2D eigenvalue weighted by atomic mass is 10.2. The van der Waals surface area contributed by atoms with Crippen LogP contribution in [0.15, 0.2) is 24.3 Å². The molecule has 21 heavy (non-hydrogen) atoms. The second-order valence-corrected chi connectivity index (χ2v) is 5.03. The molecule has 5 heteroatoms. The highest BCUT2D eigenvalue weighted by Crippen LogP contribution is 2.13. The minimum absolute atomic E-state index is 0.455. The van der Waals surface area contributed by atoms with Crippen molar-refractivity contribution in [1.82, 2.24) is 15.0 Å². The van der Waals surface area contributed by atoms with Crippen LogP contribution >= 0.6 is 0 Å². The van der Waals surface area contributed by atoms with Gasteiger partial charge in [-0.05, 0) is 31.0 Å².